The van der Waals surface area contributed by atoms with Gasteiger partial charge in [0.2, 0.25) is 5.91 Å². The third-order valence-corrected chi connectivity index (χ3v) is 4.87. The Hall–Kier alpha value is -1.77. The molecule has 0 atom stereocenters. The van der Waals surface area contributed by atoms with E-state index in [4.69, 9.17) is 0 Å². The SMILES string of the molecule is O=C(CSc1ncccn1)Nc1nc(-c2cccc(Br)c2)cs1. The minimum Gasteiger partial charge on any atom is -0.301 e. The van der Waals surface area contributed by atoms with Gasteiger partial charge in [-0.1, -0.05) is 39.8 Å². The smallest absolute Gasteiger partial charge is 0.236 e. The van der Waals surface area contributed by atoms with Crippen LogP contribution in [0.5, 0.6) is 0 Å². The fourth-order valence-corrected chi connectivity index (χ4v) is 3.50. The molecule has 0 saturated heterocycles. The van der Waals surface area contributed by atoms with E-state index in [1.54, 1.807) is 18.5 Å². The van der Waals surface area contributed by atoms with Crippen molar-refractivity contribution in [3.05, 3.63) is 52.6 Å². The van der Waals surface area contributed by atoms with E-state index in [0.29, 0.717) is 10.3 Å². The zero-order valence-electron chi connectivity index (χ0n) is 11.8. The predicted octanol–water partition coefficient (Wildman–Crippen LogP) is 4.09. The monoisotopic (exact) mass is 406 g/mol. The molecule has 23 heavy (non-hydrogen) atoms. The van der Waals surface area contributed by atoms with Gasteiger partial charge in [-0.3, -0.25) is 4.79 Å². The summed E-state index contributed by atoms with van der Waals surface area (Å²) in [4.78, 5) is 24.5. The van der Waals surface area contributed by atoms with Crippen molar-refractivity contribution in [3.63, 3.8) is 0 Å². The van der Waals surface area contributed by atoms with Gasteiger partial charge in [0.1, 0.15) is 0 Å². The molecule has 5 nitrogen and oxygen atoms in total. The fourth-order valence-electron chi connectivity index (χ4n) is 1.76. The van der Waals surface area contributed by atoms with Crippen molar-refractivity contribution >= 4 is 50.1 Å². The number of carbonyl (C=O) groups is 1. The summed E-state index contributed by atoms with van der Waals surface area (Å²) >= 11 is 6.13. The van der Waals surface area contributed by atoms with Crippen LogP contribution in [0.1, 0.15) is 0 Å². The molecule has 3 aromatic rings. The lowest BCUT2D eigenvalue weighted by Crippen LogP contribution is -2.14. The number of thioether (sulfide) groups is 1. The Morgan fingerprint density at radius 3 is 2.87 bits per heavy atom. The fraction of sp³-hybridized carbons (Fsp3) is 0.0667. The molecule has 0 radical (unpaired) electrons. The first-order valence-electron chi connectivity index (χ1n) is 6.62. The molecule has 2 heterocycles. The number of halogens is 1. The number of nitrogens with zero attached hydrogens (tertiary/aromatic N) is 3. The average molecular weight is 407 g/mol. The number of thiazole rings is 1. The summed E-state index contributed by atoms with van der Waals surface area (Å²) in [6, 6.07) is 9.62. The van der Waals surface area contributed by atoms with Crippen LogP contribution < -0.4 is 5.32 Å². The van der Waals surface area contributed by atoms with Crippen molar-refractivity contribution in [2.24, 2.45) is 0 Å². The van der Waals surface area contributed by atoms with Crippen LogP contribution in [0.4, 0.5) is 5.13 Å². The molecule has 0 bridgehead atoms. The molecule has 0 spiro atoms. The zero-order valence-corrected chi connectivity index (χ0v) is 15.0. The number of aromatic nitrogens is 3. The number of benzene rings is 1. The molecular weight excluding hydrogens is 396 g/mol. The van der Waals surface area contributed by atoms with E-state index < -0.39 is 0 Å². The Balaban J connectivity index is 1.59. The number of hydrogen-bond acceptors (Lipinski definition) is 6. The van der Waals surface area contributed by atoms with Crippen LogP contribution in [0.2, 0.25) is 0 Å². The maximum atomic E-state index is 12.0. The molecule has 1 aromatic carbocycles. The maximum Gasteiger partial charge on any atom is 0.236 e. The minimum atomic E-state index is -0.127. The summed E-state index contributed by atoms with van der Waals surface area (Å²) < 4.78 is 0.993. The summed E-state index contributed by atoms with van der Waals surface area (Å²) in [6.07, 6.45) is 3.30. The van der Waals surface area contributed by atoms with Crippen molar-refractivity contribution in [1.82, 2.24) is 15.0 Å². The van der Waals surface area contributed by atoms with Gasteiger partial charge in [0, 0.05) is 27.8 Å². The van der Waals surface area contributed by atoms with Crippen molar-refractivity contribution in [1.29, 1.82) is 0 Å². The van der Waals surface area contributed by atoms with E-state index in [1.165, 1.54) is 23.1 Å². The molecule has 2 aromatic heterocycles. The molecule has 3 rings (SSSR count). The molecule has 0 aliphatic carbocycles. The average Bonchev–Trinajstić information content (AvgIpc) is 3.02. The summed E-state index contributed by atoms with van der Waals surface area (Å²) in [7, 11) is 0. The molecule has 0 aliphatic heterocycles. The molecule has 1 N–H and O–H groups in total. The van der Waals surface area contributed by atoms with Gasteiger partial charge in [-0.2, -0.15) is 0 Å². The highest BCUT2D eigenvalue weighted by Crippen LogP contribution is 2.27. The van der Waals surface area contributed by atoms with Crippen LogP contribution >= 0.6 is 39.0 Å². The Morgan fingerprint density at radius 1 is 1.26 bits per heavy atom. The number of carbonyl (C=O) groups excluding carboxylic acids is 1. The second-order valence-electron chi connectivity index (χ2n) is 4.42. The van der Waals surface area contributed by atoms with Crippen LogP contribution in [0.25, 0.3) is 11.3 Å². The Bertz CT molecular complexity index is 810. The van der Waals surface area contributed by atoms with Crippen LogP contribution in [0.15, 0.2) is 57.7 Å². The van der Waals surface area contributed by atoms with Gasteiger partial charge in [0.15, 0.2) is 10.3 Å². The van der Waals surface area contributed by atoms with Crippen molar-refractivity contribution in [2.45, 2.75) is 5.16 Å². The van der Waals surface area contributed by atoms with Gasteiger partial charge in [0.25, 0.3) is 0 Å². The van der Waals surface area contributed by atoms with Gasteiger partial charge in [-0.15, -0.1) is 11.3 Å². The first-order valence-corrected chi connectivity index (χ1v) is 9.28. The van der Waals surface area contributed by atoms with Gasteiger partial charge in [0.05, 0.1) is 11.4 Å². The third-order valence-electron chi connectivity index (χ3n) is 2.75. The van der Waals surface area contributed by atoms with Crippen LogP contribution in [0.3, 0.4) is 0 Å². The van der Waals surface area contributed by atoms with E-state index >= 15 is 0 Å². The molecule has 0 saturated carbocycles. The van der Waals surface area contributed by atoms with Crippen LogP contribution in [0, 0.1) is 0 Å². The normalized spacial score (nSPS) is 10.5. The van der Waals surface area contributed by atoms with Crippen molar-refractivity contribution < 1.29 is 4.79 Å². The summed E-state index contributed by atoms with van der Waals surface area (Å²) in [6.45, 7) is 0. The second-order valence-corrected chi connectivity index (χ2v) is 7.13. The van der Waals surface area contributed by atoms with E-state index in [0.717, 1.165) is 15.7 Å². The van der Waals surface area contributed by atoms with Gasteiger partial charge in [-0.05, 0) is 18.2 Å². The van der Waals surface area contributed by atoms with E-state index in [2.05, 4.69) is 36.2 Å². The molecule has 1 amide bonds. The quantitative estimate of drug-likeness (QED) is 0.510. The zero-order chi connectivity index (χ0) is 16.1. The first kappa shape index (κ1) is 16.1. The number of amides is 1. The minimum absolute atomic E-state index is 0.127. The number of nitrogens with one attached hydrogen (secondary N) is 1. The van der Waals surface area contributed by atoms with Crippen LogP contribution in [-0.2, 0) is 4.79 Å². The standard InChI is InChI=1S/C15H11BrN4OS2/c16-11-4-1-3-10(7-11)12-8-22-15(19-12)20-13(21)9-23-14-17-5-2-6-18-14/h1-8H,9H2,(H,19,20,21). The molecule has 8 heteroatoms. The predicted molar refractivity (Wildman–Crippen MR) is 96.6 cm³/mol. The van der Waals surface area contributed by atoms with Gasteiger partial charge >= 0.3 is 0 Å². The topological polar surface area (TPSA) is 67.8 Å². The molecular formula is C15H11BrN4OS2. The van der Waals surface area contributed by atoms with Crippen LogP contribution in [-0.4, -0.2) is 26.6 Å². The van der Waals surface area contributed by atoms with E-state index in [1.807, 2.05) is 29.6 Å². The van der Waals surface area contributed by atoms with Gasteiger partial charge in [-0.25, -0.2) is 15.0 Å². The number of hydrogen-bond donors (Lipinski definition) is 1. The molecule has 116 valence electrons. The molecule has 0 aliphatic rings. The van der Waals surface area contributed by atoms with Gasteiger partial charge < -0.3 is 5.32 Å². The van der Waals surface area contributed by atoms with Crippen molar-refractivity contribution in [3.8, 4) is 11.3 Å². The molecule has 0 unspecified atom stereocenters. The highest BCUT2D eigenvalue weighted by atomic mass is 79.9. The lowest BCUT2D eigenvalue weighted by molar-refractivity contribution is -0.113. The highest BCUT2D eigenvalue weighted by molar-refractivity contribution is 9.10. The Kier molecular flexibility index (Phi) is 5.37. The highest BCUT2D eigenvalue weighted by Gasteiger charge is 2.09. The largest absolute Gasteiger partial charge is 0.301 e. The Labute approximate surface area is 149 Å². The number of anilines is 1. The Morgan fingerprint density at radius 2 is 2.09 bits per heavy atom. The summed E-state index contributed by atoms with van der Waals surface area (Å²) in [5, 5.41) is 5.88. The van der Waals surface area contributed by atoms with E-state index in [-0.39, 0.29) is 11.7 Å². The lowest BCUT2D eigenvalue weighted by atomic mass is 10.2. The van der Waals surface area contributed by atoms with Crippen molar-refractivity contribution in [2.75, 3.05) is 11.1 Å². The van der Waals surface area contributed by atoms with E-state index in [9.17, 15) is 4.79 Å². The lowest BCUT2D eigenvalue weighted by Gasteiger charge is -2.01. The summed E-state index contributed by atoms with van der Waals surface area (Å²) in [5.41, 5.74) is 1.84. The first-order chi connectivity index (χ1) is 11.2. The second kappa shape index (κ2) is 7.67. The summed E-state index contributed by atoms with van der Waals surface area (Å²) in [5.74, 6) is 0.119. The third kappa shape index (κ3) is 4.60. The maximum absolute atomic E-state index is 12.0. The number of rotatable bonds is 5. The molecule has 0 fully saturated rings.